The van der Waals surface area contributed by atoms with Crippen LogP contribution in [0.25, 0.3) is 0 Å². The highest BCUT2D eigenvalue weighted by molar-refractivity contribution is 5.82. The summed E-state index contributed by atoms with van der Waals surface area (Å²) in [6, 6.07) is 4.90. The standard InChI is InChI=1S/C15H19FN2O3/c1-10-6-7-18(13(8-10)14(19)20)15(21)17-9-11-4-2-3-5-12(11)16/h2-5,10,13H,6-9H2,1H3,(H,17,21)(H,19,20). The minimum Gasteiger partial charge on any atom is -0.480 e. The maximum absolute atomic E-state index is 13.5. The molecule has 114 valence electrons. The average Bonchev–Trinajstić information content (AvgIpc) is 2.46. The number of rotatable bonds is 3. The molecule has 2 rings (SSSR count). The van der Waals surface area contributed by atoms with Crippen LogP contribution in [-0.4, -0.2) is 34.6 Å². The Kier molecular flexibility index (Phi) is 4.77. The molecule has 0 aliphatic carbocycles. The van der Waals surface area contributed by atoms with Crippen molar-refractivity contribution >= 4 is 12.0 Å². The number of aliphatic carboxylic acids is 1. The Morgan fingerprint density at radius 3 is 2.81 bits per heavy atom. The lowest BCUT2D eigenvalue weighted by Gasteiger charge is -2.35. The van der Waals surface area contributed by atoms with Crippen LogP contribution < -0.4 is 5.32 Å². The van der Waals surface area contributed by atoms with Gasteiger partial charge in [-0.05, 0) is 24.8 Å². The summed E-state index contributed by atoms with van der Waals surface area (Å²) in [4.78, 5) is 24.7. The summed E-state index contributed by atoms with van der Waals surface area (Å²) in [5, 5.41) is 11.8. The fraction of sp³-hybridized carbons (Fsp3) is 0.467. The van der Waals surface area contributed by atoms with Crippen LogP contribution >= 0.6 is 0 Å². The van der Waals surface area contributed by atoms with Gasteiger partial charge in [0.15, 0.2) is 0 Å². The molecule has 1 fully saturated rings. The van der Waals surface area contributed by atoms with Gasteiger partial charge in [0, 0.05) is 18.7 Å². The van der Waals surface area contributed by atoms with E-state index in [1.165, 1.54) is 11.0 Å². The van der Waals surface area contributed by atoms with Crippen molar-refractivity contribution in [2.45, 2.75) is 32.4 Å². The molecule has 1 aliphatic heterocycles. The van der Waals surface area contributed by atoms with Crippen LogP contribution in [0.2, 0.25) is 0 Å². The Morgan fingerprint density at radius 2 is 2.14 bits per heavy atom. The van der Waals surface area contributed by atoms with Gasteiger partial charge in [0.25, 0.3) is 0 Å². The smallest absolute Gasteiger partial charge is 0.326 e. The number of amides is 2. The maximum atomic E-state index is 13.5. The Balaban J connectivity index is 1.99. The molecular weight excluding hydrogens is 275 g/mol. The number of carboxylic acid groups (broad SMARTS) is 1. The van der Waals surface area contributed by atoms with Crippen LogP contribution in [0.5, 0.6) is 0 Å². The third kappa shape index (κ3) is 3.71. The summed E-state index contributed by atoms with van der Waals surface area (Å²) in [6.45, 7) is 2.43. The Morgan fingerprint density at radius 1 is 1.43 bits per heavy atom. The topological polar surface area (TPSA) is 69.6 Å². The quantitative estimate of drug-likeness (QED) is 0.898. The van der Waals surface area contributed by atoms with Gasteiger partial charge in [0.1, 0.15) is 11.9 Å². The van der Waals surface area contributed by atoms with E-state index >= 15 is 0 Å². The largest absolute Gasteiger partial charge is 0.480 e. The van der Waals surface area contributed by atoms with Crippen molar-refractivity contribution < 1.29 is 19.1 Å². The van der Waals surface area contributed by atoms with Crippen LogP contribution in [0.15, 0.2) is 24.3 Å². The lowest BCUT2D eigenvalue weighted by Crippen LogP contribution is -2.53. The first-order chi connectivity index (χ1) is 9.99. The van der Waals surface area contributed by atoms with E-state index in [9.17, 15) is 19.1 Å². The lowest BCUT2D eigenvalue weighted by atomic mass is 9.93. The Bertz CT molecular complexity index is 535. The van der Waals surface area contributed by atoms with E-state index in [4.69, 9.17) is 0 Å². The molecule has 1 aliphatic rings. The summed E-state index contributed by atoms with van der Waals surface area (Å²) >= 11 is 0. The second-order valence-corrected chi connectivity index (χ2v) is 5.43. The Hall–Kier alpha value is -2.11. The number of hydrogen-bond donors (Lipinski definition) is 2. The molecule has 0 spiro atoms. The zero-order valence-electron chi connectivity index (χ0n) is 11.9. The van der Waals surface area contributed by atoms with Crippen LogP contribution in [0.4, 0.5) is 9.18 Å². The number of carboxylic acids is 1. The third-order valence-electron chi connectivity index (χ3n) is 3.80. The predicted molar refractivity (Wildman–Crippen MR) is 75.2 cm³/mol. The van der Waals surface area contributed by atoms with Crippen molar-refractivity contribution in [3.63, 3.8) is 0 Å². The molecule has 2 amide bonds. The molecular formula is C15H19FN2O3. The average molecular weight is 294 g/mol. The van der Waals surface area contributed by atoms with Crippen molar-refractivity contribution in [2.24, 2.45) is 5.92 Å². The number of nitrogens with one attached hydrogen (secondary N) is 1. The summed E-state index contributed by atoms with van der Waals surface area (Å²) in [6.07, 6.45) is 1.22. The SMILES string of the molecule is CC1CCN(C(=O)NCc2ccccc2F)C(C(=O)O)C1. The molecule has 0 saturated carbocycles. The van der Waals surface area contributed by atoms with E-state index in [1.807, 2.05) is 6.92 Å². The van der Waals surface area contributed by atoms with E-state index in [1.54, 1.807) is 18.2 Å². The molecule has 1 aromatic rings. The van der Waals surface area contributed by atoms with Crippen molar-refractivity contribution in [3.8, 4) is 0 Å². The number of likely N-dealkylation sites (tertiary alicyclic amines) is 1. The molecule has 2 N–H and O–H groups in total. The summed E-state index contributed by atoms with van der Waals surface area (Å²) in [7, 11) is 0. The van der Waals surface area contributed by atoms with Gasteiger partial charge in [-0.15, -0.1) is 0 Å². The molecule has 21 heavy (non-hydrogen) atoms. The van der Waals surface area contributed by atoms with Crippen molar-refractivity contribution in [1.82, 2.24) is 10.2 Å². The van der Waals surface area contributed by atoms with E-state index in [2.05, 4.69) is 5.32 Å². The second-order valence-electron chi connectivity index (χ2n) is 5.43. The number of carbonyl (C=O) groups is 2. The van der Waals surface area contributed by atoms with Crippen LogP contribution in [0.1, 0.15) is 25.3 Å². The number of hydrogen-bond acceptors (Lipinski definition) is 2. The van der Waals surface area contributed by atoms with Crippen LogP contribution in [0, 0.1) is 11.7 Å². The van der Waals surface area contributed by atoms with Gasteiger partial charge in [0.2, 0.25) is 0 Å². The first-order valence-corrected chi connectivity index (χ1v) is 6.99. The number of benzene rings is 1. The summed E-state index contributed by atoms with van der Waals surface area (Å²) in [5.74, 6) is -1.11. The van der Waals surface area contributed by atoms with E-state index in [0.29, 0.717) is 18.5 Å². The van der Waals surface area contributed by atoms with E-state index < -0.39 is 18.0 Å². The molecule has 2 unspecified atom stereocenters. The molecule has 6 heteroatoms. The second kappa shape index (κ2) is 6.56. The first kappa shape index (κ1) is 15.3. The fourth-order valence-corrected chi connectivity index (χ4v) is 2.53. The molecule has 2 atom stereocenters. The third-order valence-corrected chi connectivity index (χ3v) is 3.80. The minimum atomic E-state index is -0.998. The number of carbonyl (C=O) groups excluding carboxylic acids is 1. The Labute approximate surface area is 122 Å². The number of piperidine rings is 1. The molecule has 1 saturated heterocycles. The number of urea groups is 1. The van der Waals surface area contributed by atoms with Crippen molar-refractivity contribution in [1.29, 1.82) is 0 Å². The molecule has 0 aromatic heterocycles. The highest BCUT2D eigenvalue weighted by atomic mass is 19.1. The van der Waals surface area contributed by atoms with Crippen molar-refractivity contribution in [2.75, 3.05) is 6.54 Å². The van der Waals surface area contributed by atoms with Crippen molar-refractivity contribution in [3.05, 3.63) is 35.6 Å². The zero-order chi connectivity index (χ0) is 15.4. The van der Waals surface area contributed by atoms with Gasteiger partial charge in [0.05, 0.1) is 0 Å². The van der Waals surface area contributed by atoms with Crippen LogP contribution in [0.3, 0.4) is 0 Å². The lowest BCUT2D eigenvalue weighted by molar-refractivity contribution is -0.143. The van der Waals surface area contributed by atoms with Gasteiger partial charge in [-0.1, -0.05) is 25.1 Å². The monoisotopic (exact) mass is 294 g/mol. The van der Waals surface area contributed by atoms with Gasteiger partial charge >= 0.3 is 12.0 Å². The first-order valence-electron chi connectivity index (χ1n) is 6.99. The molecule has 1 aromatic carbocycles. The normalized spacial score (nSPS) is 21.9. The van der Waals surface area contributed by atoms with Gasteiger partial charge in [-0.25, -0.2) is 14.0 Å². The van der Waals surface area contributed by atoms with E-state index in [0.717, 1.165) is 6.42 Å². The van der Waals surface area contributed by atoms with Gasteiger partial charge in [-0.3, -0.25) is 0 Å². The molecule has 1 heterocycles. The summed E-state index contributed by atoms with van der Waals surface area (Å²) < 4.78 is 13.5. The molecule has 5 nitrogen and oxygen atoms in total. The predicted octanol–water partition coefficient (Wildman–Crippen LogP) is 2.22. The fourth-order valence-electron chi connectivity index (χ4n) is 2.53. The molecule has 0 bridgehead atoms. The van der Waals surface area contributed by atoms with Crippen LogP contribution in [-0.2, 0) is 11.3 Å². The summed E-state index contributed by atoms with van der Waals surface area (Å²) in [5.41, 5.74) is 0.378. The van der Waals surface area contributed by atoms with E-state index in [-0.39, 0.29) is 18.3 Å². The molecule has 0 radical (unpaired) electrons. The van der Waals surface area contributed by atoms with Gasteiger partial charge in [-0.2, -0.15) is 0 Å². The zero-order valence-corrected chi connectivity index (χ0v) is 11.9. The van der Waals surface area contributed by atoms with Gasteiger partial charge < -0.3 is 15.3 Å². The number of nitrogens with zero attached hydrogens (tertiary/aromatic N) is 1. The highest BCUT2D eigenvalue weighted by Gasteiger charge is 2.34. The maximum Gasteiger partial charge on any atom is 0.326 e. The minimum absolute atomic E-state index is 0.0455. The highest BCUT2D eigenvalue weighted by Crippen LogP contribution is 2.22. The number of halogens is 1.